The molecule has 150 valence electrons. The summed E-state index contributed by atoms with van der Waals surface area (Å²) in [7, 11) is 3.56. The van der Waals surface area contributed by atoms with Crippen LogP contribution in [-0.4, -0.2) is 53.2 Å². The lowest BCUT2D eigenvalue weighted by Gasteiger charge is -2.24. The van der Waals surface area contributed by atoms with Crippen LogP contribution in [0.4, 0.5) is 5.69 Å². The lowest BCUT2D eigenvalue weighted by Crippen LogP contribution is -2.40. The van der Waals surface area contributed by atoms with Gasteiger partial charge in [0.2, 0.25) is 11.8 Å². The molecule has 1 aromatic heterocycles. The SMILES string of the molecule is Cc1cc(C)c(NC(=O)CN(C)C(=O)[C@H]2CNC[C@@H]2c2cnn(C)c2)c(C)c1. The highest BCUT2D eigenvalue weighted by atomic mass is 16.2. The lowest BCUT2D eigenvalue weighted by molar-refractivity contribution is -0.136. The Morgan fingerprint density at radius 3 is 2.54 bits per heavy atom. The van der Waals surface area contributed by atoms with Crippen LogP contribution in [0.5, 0.6) is 0 Å². The number of anilines is 1. The van der Waals surface area contributed by atoms with Gasteiger partial charge in [0.05, 0.1) is 18.7 Å². The molecule has 7 nitrogen and oxygen atoms in total. The van der Waals surface area contributed by atoms with E-state index in [4.69, 9.17) is 0 Å². The summed E-state index contributed by atoms with van der Waals surface area (Å²) in [5.41, 5.74) is 5.09. The van der Waals surface area contributed by atoms with Gasteiger partial charge in [0, 0.05) is 45.0 Å². The Labute approximate surface area is 166 Å². The summed E-state index contributed by atoms with van der Waals surface area (Å²) in [5, 5.41) is 10.5. The van der Waals surface area contributed by atoms with Crippen molar-refractivity contribution in [3.8, 4) is 0 Å². The van der Waals surface area contributed by atoms with E-state index in [9.17, 15) is 9.59 Å². The number of nitrogens with one attached hydrogen (secondary N) is 2. The van der Waals surface area contributed by atoms with Crippen LogP contribution in [0, 0.1) is 26.7 Å². The van der Waals surface area contributed by atoms with Gasteiger partial charge in [-0.3, -0.25) is 14.3 Å². The number of carbonyl (C=O) groups excluding carboxylic acids is 2. The smallest absolute Gasteiger partial charge is 0.243 e. The molecule has 0 saturated carbocycles. The minimum Gasteiger partial charge on any atom is -0.336 e. The first kappa shape index (κ1) is 20.1. The first-order valence-corrected chi connectivity index (χ1v) is 9.58. The van der Waals surface area contributed by atoms with Gasteiger partial charge in [-0.15, -0.1) is 0 Å². The van der Waals surface area contributed by atoms with E-state index < -0.39 is 0 Å². The quantitative estimate of drug-likeness (QED) is 0.824. The van der Waals surface area contributed by atoms with E-state index in [2.05, 4.69) is 15.7 Å². The highest BCUT2D eigenvalue weighted by Crippen LogP contribution is 2.29. The number of aromatic nitrogens is 2. The number of benzene rings is 1. The normalized spacial score (nSPS) is 18.9. The Morgan fingerprint density at radius 2 is 1.93 bits per heavy atom. The molecule has 7 heteroatoms. The summed E-state index contributed by atoms with van der Waals surface area (Å²) in [6, 6.07) is 4.08. The van der Waals surface area contributed by atoms with E-state index >= 15 is 0 Å². The molecule has 2 N–H and O–H groups in total. The number of amides is 2. The fourth-order valence-electron chi connectivity index (χ4n) is 4.05. The molecule has 28 heavy (non-hydrogen) atoms. The van der Waals surface area contributed by atoms with Gasteiger partial charge in [0.1, 0.15) is 0 Å². The summed E-state index contributed by atoms with van der Waals surface area (Å²) in [5.74, 6) is -0.320. The number of hydrogen-bond donors (Lipinski definition) is 2. The highest BCUT2D eigenvalue weighted by molar-refractivity contribution is 5.96. The van der Waals surface area contributed by atoms with Crippen LogP contribution in [0.25, 0.3) is 0 Å². The summed E-state index contributed by atoms with van der Waals surface area (Å²) in [6.45, 7) is 7.37. The van der Waals surface area contributed by atoms with Crippen molar-refractivity contribution in [2.45, 2.75) is 26.7 Å². The van der Waals surface area contributed by atoms with E-state index in [0.29, 0.717) is 6.54 Å². The van der Waals surface area contributed by atoms with Gasteiger partial charge >= 0.3 is 0 Å². The van der Waals surface area contributed by atoms with Crippen LogP contribution in [-0.2, 0) is 16.6 Å². The maximum atomic E-state index is 13.0. The minimum absolute atomic E-state index is 0.0219. The van der Waals surface area contributed by atoms with Crippen molar-refractivity contribution >= 4 is 17.5 Å². The molecule has 2 aromatic rings. The van der Waals surface area contributed by atoms with Crippen LogP contribution >= 0.6 is 0 Å². The van der Waals surface area contributed by atoms with E-state index in [-0.39, 0.29) is 30.2 Å². The molecule has 1 aromatic carbocycles. The molecule has 0 bridgehead atoms. The van der Waals surface area contributed by atoms with Crippen molar-refractivity contribution in [1.29, 1.82) is 0 Å². The average Bonchev–Trinajstić information content (AvgIpc) is 3.25. The zero-order valence-corrected chi connectivity index (χ0v) is 17.2. The first-order chi connectivity index (χ1) is 13.3. The fraction of sp³-hybridized carbons (Fsp3) is 0.476. The van der Waals surface area contributed by atoms with Crippen LogP contribution in [0.3, 0.4) is 0 Å². The van der Waals surface area contributed by atoms with Gasteiger partial charge in [0.25, 0.3) is 0 Å². The van der Waals surface area contributed by atoms with Gasteiger partial charge in [-0.2, -0.15) is 5.10 Å². The molecule has 0 unspecified atom stereocenters. The Kier molecular flexibility index (Phi) is 5.84. The number of carbonyl (C=O) groups is 2. The number of nitrogens with zero attached hydrogens (tertiary/aromatic N) is 3. The summed E-state index contributed by atoms with van der Waals surface area (Å²) in [4.78, 5) is 27.1. The predicted octanol–water partition coefficient (Wildman–Crippen LogP) is 1.75. The Balaban J connectivity index is 1.64. The number of rotatable bonds is 5. The third kappa shape index (κ3) is 4.25. The van der Waals surface area contributed by atoms with Gasteiger partial charge < -0.3 is 15.5 Å². The molecular formula is C21H29N5O2. The number of hydrogen-bond acceptors (Lipinski definition) is 4. The second-order valence-electron chi connectivity index (χ2n) is 7.83. The van der Waals surface area contributed by atoms with E-state index in [1.165, 1.54) is 4.90 Å². The highest BCUT2D eigenvalue weighted by Gasteiger charge is 2.36. The second-order valence-corrected chi connectivity index (χ2v) is 7.83. The number of aryl methyl sites for hydroxylation is 4. The molecule has 1 aliphatic rings. The van der Waals surface area contributed by atoms with Crippen molar-refractivity contribution in [3.05, 3.63) is 46.8 Å². The van der Waals surface area contributed by atoms with E-state index in [0.717, 1.165) is 34.5 Å². The van der Waals surface area contributed by atoms with E-state index in [1.807, 2.05) is 52.3 Å². The van der Waals surface area contributed by atoms with Crippen molar-refractivity contribution < 1.29 is 9.59 Å². The largest absolute Gasteiger partial charge is 0.336 e. The Morgan fingerprint density at radius 1 is 1.25 bits per heavy atom. The molecule has 0 spiro atoms. The minimum atomic E-state index is -0.190. The van der Waals surface area contributed by atoms with Crippen LogP contribution < -0.4 is 10.6 Å². The molecule has 1 aliphatic heterocycles. The zero-order chi connectivity index (χ0) is 20.4. The third-order valence-electron chi connectivity index (χ3n) is 5.38. The molecule has 2 atom stereocenters. The summed E-state index contributed by atoms with van der Waals surface area (Å²) < 4.78 is 1.75. The van der Waals surface area contributed by atoms with Gasteiger partial charge in [-0.1, -0.05) is 17.7 Å². The fourth-order valence-corrected chi connectivity index (χ4v) is 4.05. The predicted molar refractivity (Wildman–Crippen MR) is 109 cm³/mol. The second kappa shape index (κ2) is 8.14. The monoisotopic (exact) mass is 383 g/mol. The maximum absolute atomic E-state index is 13.0. The van der Waals surface area contributed by atoms with Gasteiger partial charge in [-0.25, -0.2) is 0 Å². The van der Waals surface area contributed by atoms with Crippen molar-refractivity contribution in [1.82, 2.24) is 20.0 Å². The standard InChI is InChI=1S/C21H29N5O2/c1-13-6-14(2)20(15(3)7-13)24-19(27)12-25(4)21(28)18-10-22-9-17(18)16-8-23-26(5)11-16/h6-8,11,17-18,22H,9-10,12H2,1-5H3,(H,24,27)/t17-,18+/m1/s1. The third-order valence-corrected chi connectivity index (χ3v) is 5.38. The lowest BCUT2D eigenvalue weighted by atomic mass is 9.90. The topological polar surface area (TPSA) is 79.3 Å². The van der Waals surface area contributed by atoms with Gasteiger partial charge in [-0.05, 0) is 37.5 Å². The van der Waals surface area contributed by atoms with Crippen LogP contribution in [0.15, 0.2) is 24.5 Å². The first-order valence-electron chi connectivity index (χ1n) is 9.58. The average molecular weight is 383 g/mol. The van der Waals surface area contributed by atoms with Crippen LogP contribution in [0.2, 0.25) is 0 Å². The maximum Gasteiger partial charge on any atom is 0.243 e. The molecule has 1 fully saturated rings. The molecule has 2 amide bonds. The molecule has 0 radical (unpaired) electrons. The molecule has 1 saturated heterocycles. The Bertz CT molecular complexity index is 866. The van der Waals surface area contributed by atoms with E-state index in [1.54, 1.807) is 11.7 Å². The molecule has 0 aliphatic carbocycles. The van der Waals surface area contributed by atoms with Crippen molar-refractivity contribution in [3.63, 3.8) is 0 Å². The van der Waals surface area contributed by atoms with Crippen molar-refractivity contribution in [2.75, 3.05) is 32.0 Å². The zero-order valence-electron chi connectivity index (χ0n) is 17.2. The summed E-state index contributed by atoms with van der Waals surface area (Å²) in [6.07, 6.45) is 3.77. The summed E-state index contributed by atoms with van der Waals surface area (Å²) >= 11 is 0. The van der Waals surface area contributed by atoms with Crippen LogP contribution in [0.1, 0.15) is 28.2 Å². The molecule has 3 rings (SSSR count). The molecular weight excluding hydrogens is 354 g/mol. The number of likely N-dealkylation sites (N-methyl/N-ethyl adjacent to an activating group) is 1. The van der Waals surface area contributed by atoms with Gasteiger partial charge in [0.15, 0.2) is 0 Å². The van der Waals surface area contributed by atoms with Crippen molar-refractivity contribution in [2.24, 2.45) is 13.0 Å². The Hall–Kier alpha value is -2.67. The molecule has 2 heterocycles.